The first-order valence-corrected chi connectivity index (χ1v) is 9.64. The van der Waals surface area contributed by atoms with E-state index >= 15 is 0 Å². The minimum absolute atomic E-state index is 0.0751. The summed E-state index contributed by atoms with van der Waals surface area (Å²) in [7, 11) is 0. The van der Waals surface area contributed by atoms with E-state index in [9.17, 15) is 4.79 Å². The third-order valence-electron chi connectivity index (χ3n) is 4.26. The third-order valence-corrected chi connectivity index (χ3v) is 5.30. The fourth-order valence-corrected chi connectivity index (χ4v) is 3.80. The van der Waals surface area contributed by atoms with E-state index in [4.69, 9.17) is 0 Å². The van der Waals surface area contributed by atoms with Crippen molar-refractivity contribution in [3.05, 3.63) is 58.7 Å². The maximum Gasteiger partial charge on any atom is 0.237 e. The summed E-state index contributed by atoms with van der Waals surface area (Å²) in [5, 5.41) is 15.2. The lowest BCUT2D eigenvalue weighted by atomic mass is 10.1. The van der Waals surface area contributed by atoms with Crippen molar-refractivity contribution in [1.29, 1.82) is 0 Å². The number of carbonyl (C=O) groups is 1. The van der Waals surface area contributed by atoms with Gasteiger partial charge in [0.1, 0.15) is 0 Å². The number of aryl methyl sites for hydroxylation is 4. The van der Waals surface area contributed by atoms with Crippen LogP contribution < -0.4 is 5.32 Å². The van der Waals surface area contributed by atoms with Crippen LogP contribution in [0.4, 0.5) is 5.69 Å². The molecule has 0 fully saturated rings. The van der Waals surface area contributed by atoms with Crippen molar-refractivity contribution in [2.75, 3.05) is 5.32 Å². The van der Waals surface area contributed by atoms with E-state index in [-0.39, 0.29) is 11.2 Å². The highest BCUT2D eigenvalue weighted by molar-refractivity contribution is 8.00. The van der Waals surface area contributed by atoms with E-state index in [2.05, 4.69) is 39.9 Å². The molecule has 0 saturated heterocycles. The van der Waals surface area contributed by atoms with E-state index in [1.165, 1.54) is 17.3 Å². The molecule has 1 aromatic heterocycles. The van der Waals surface area contributed by atoms with Gasteiger partial charge in [-0.2, -0.15) is 4.68 Å². The second-order valence-corrected chi connectivity index (χ2v) is 8.04. The Kier molecular flexibility index (Phi) is 5.60. The molecule has 0 aliphatic heterocycles. The summed E-state index contributed by atoms with van der Waals surface area (Å²) >= 11 is 1.33. The monoisotopic (exact) mass is 381 g/mol. The van der Waals surface area contributed by atoms with Gasteiger partial charge < -0.3 is 5.32 Å². The Bertz CT molecular complexity index is 959. The molecule has 2 aromatic carbocycles. The number of tetrazole rings is 1. The number of rotatable bonds is 5. The molecule has 0 radical (unpaired) electrons. The molecule has 7 heteroatoms. The van der Waals surface area contributed by atoms with Gasteiger partial charge >= 0.3 is 0 Å². The van der Waals surface area contributed by atoms with Crippen LogP contribution in [0.5, 0.6) is 0 Å². The minimum atomic E-state index is -0.348. The van der Waals surface area contributed by atoms with Gasteiger partial charge in [-0.05, 0) is 73.9 Å². The van der Waals surface area contributed by atoms with Gasteiger partial charge in [0.25, 0.3) is 0 Å². The van der Waals surface area contributed by atoms with Crippen LogP contribution in [0.3, 0.4) is 0 Å². The molecule has 0 spiro atoms. The van der Waals surface area contributed by atoms with Crippen molar-refractivity contribution in [3.8, 4) is 5.69 Å². The second-order valence-electron chi connectivity index (χ2n) is 6.74. The van der Waals surface area contributed by atoms with Crippen molar-refractivity contribution < 1.29 is 4.79 Å². The van der Waals surface area contributed by atoms with Crippen molar-refractivity contribution in [2.45, 2.75) is 45.0 Å². The standard InChI is InChI=1S/C20H23N5OS/c1-12-7-6-8-17(11-12)25-20(22-23-24-25)27-16(5)19(26)21-18-14(3)9-13(2)10-15(18)4/h6-11,16H,1-5H3,(H,21,26). The predicted octanol–water partition coefficient (Wildman–Crippen LogP) is 4.02. The van der Waals surface area contributed by atoms with Gasteiger partial charge in [0.05, 0.1) is 10.9 Å². The third kappa shape index (κ3) is 4.36. The lowest BCUT2D eigenvalue weighted by Crippen LogP contribution is -2.24. The van der Waals surface area contributed by atoms with Gasteiger partial charge in [0.2, 0.25) is 11.1 Å². The average molecular weight is 382 g/mol. The lowest BCUT2D eigenvalue weighted by Gasteiger charge is -2.16. The molecule has 27 heavy (non-hydrogen) atoms. The molecule has 1 N–H and O–H groups in total. The molecule has 1 unspecified atom stereocenters. The smallest absolute Gasteiger partial charge is 0.237 e. The quantitative estimate of drug-likeness (QED) is 0.676. The Morgan fingerprint density at radius 1 is 1.07 bits per heavy atom. The molecule has 1 amide bonds. The maximum atomic E-state index is 12.7. The van der Waals surface area contributed by atoms with E-state index in [1.807, 2.05) is 52.0 Å². The Balaban J connectivity index is 1.76. The molecule has 1 atom stereocenters. The topological polar surface area (TPSA) is 72.7 Å². The van der Waals surface area contributed by atoms with Crippen LogP contribution >= 0.6 is 11.8 Å². The Hall–Kier alpha value is -2.67. The highest BCUT2D eigenvalue weighted by Crippen LogP contribution is 2.26. The maximum absolute atomic E-state index is 12.7. The van der Waals surface area contributed by atoms with Crippen LogP contribution in [0.2, 0.25) is 0 Å². The average Bonchev–Trinajstić information content (AvgIpc) is 3.06. The number of hydrogen-bond acceptors (Lipinski definition) is 5. The highest BCUT2D eigenvalue weighted by atomic mass is 32.2. The molecule has 3 rings (SSSR count). The largest absolute Gasteiger partial charge is 0.325 e. The van der Waals surface area contributed by atoms with Crippen LogP contribution in [-0.4, -0.2) is 31.4 Å². The summed E-state index contributed by atoms with van der Waals surface area (Å²) in [5.41, 5.74) is 6.17. The Morgan fingerprint density at radius 3 is 2.44 bits per heavy atom. The fourth-order valence-electron chi connectivity index (χ4n) is 2.99. The summed E-state index contributed by atoms with van der Waals surface area (Å²) in [6, 6.07) is 12.1. The summed E-state index contributed by atoms with van der Waals surface area (Å²) < 4.78 is 1.66. The zero-order valence-electron chi connectivity index (χ0n) is 16.1. The van der Waals surface area contributed by atoms with E-state index in [1.54, 1.807) is 4.68 Å². The number of carbonyl (C=O) groups excluding carboxylic acids is 1. The first kappa shape index (κ1) is 19.1. The van der Waals surface area contributed by atoms with Crippen LogP contribution in [-0.2, 0) is 4.79 Å². The predicted molar refractivity (Wildman–Crippen MR) is 108 cm³/mol. The molecule has 0 aliphatic carbocycles. The number of nitrogens with one attached hydrogen (secondary N) is 1. The Labute approximate surface area is 163 Å². The first-order chi connectivity index (χ1) is 12.8. The van der Waals surface area contributed by atoms with Crippen molar-refractivity contribution >= 4 is 23.4 Å². The Morgan fingerprint density at radius 2 is 1.78 bits per heavy atom. The van der Waals surface area contributed by atoms with Crippen LogP contribution in [0.1, 0.15) is 29.2 Å². The number of benzene rings is 2. The molecular formula is C20H23N5OS. The molecule has 6 nitrogen and oxygen atoms in total. The SMILES string of the molecule is Cc1cccc(-n2nnnc2SC(C)C(=O)Nc2c(C)cc(C)cc2C)c1. The highest BCUT2D eigenvalue weighted by Gasteiger charge is 2.20. The van der Waals surface area contributed by atoms with Gasteiger partial charge in [-0.15, -0.1) is 5.10 Å². The zero-order chi connectivity index (χ0) is 19.6. The molecule has 140 valence electrons. The molecule has 0 aliphatic rings. The first-order valence-electron chi connectivity index (χ1n) is 8.76. The molecule has 0 bridgehead atoms. The fraction of sp³-hybridized carbons (Fsp3) is 0.300. The van der Waals surface area contributed by atoms with Gasteiger partial charge in [-0.25, -0.2) is 0 Å². The number of aromatic nitrogens is 4. The minimum Gasteiger partial charge on any atom is -0.325 e. The summed E-state index contributed by atoms with van der Waals surface area (Å²) in [5.74, 6) is -0.0751. The summed E-state index contributed by atoms with van der Waals surface area (Å²) in [6.45, 7) is 9.93. The van der Waals surface area contributed by atoms with Crippen LogP contribution in [0.15, 0.2) is 41.6 Å². The van der Waals surface area contributed by atoms with Crippen molar-refractivity contribution in [3.63, 3.8) is 0 Å². The molecular weight excluding hydrogens is 358 g/mol. The number of anilines is 1. The zero-order valence-corrected chi connectivity index (χ0v) is 17.0. The van der Waals surface area contributed by atoms with Crippen molar-refractivity contribution in [2.24, 2.45) is 0 Å². The summed E-state index contributed by atoms with van der Waals surface area (Å²) in [6.07, 6.45) is 0. The van der Waals surface area contributed by atoms with Crippen LogP contribution in [0.25, 0.3) is 5.69 Å². The second kappa shape index (κ2) is 7.92. The number of nitrogens with zero attached hydrogens (tertiary/aromatic N) is 4. The molecule has 0 saturated carbocycles. The number of thioether (sulfide) groups is 1. The van der Waals surface area contributed by atoms with Gasteiger partial charge in [-0.1, -0.05) is 41.6 Å². The van der Waals surface area contributed by atoms with E-state index < -0.39 is 0 Å². The lowest BCUT2D eigenvalue weighted by molar-refractivity contribution is -0.115. The van der Waals surface area contributed by atoms with Gasteiger partial charge in [0.15, 0.2) is 0 Å². The molecule has 3 aromatic rings. The van der Waals surface area contributed by atoms with Crippen LogP contribution in [0, 0.1) is 27.7 Å². The van der Waals surface area contributed by atoms with E-state index in [0.717, 1.165) is 28.1 Å². The number of amides is 1. The normalized spacial score (nSPS) is 12.0. The van der Waals surface area contributed by atoms with Gasteiger partial charge in [-0.3, -0.25) is 4.79 Å². The van der Waals surface area contributed by atoms with Gasteiger partial charge in [0, 0.05) is 5.69 Å². The number of hydrogen-bond donors (Lipinski definition) is 1. The van der Waals surface area contributed by atoms with Crippen molar-refractivity contribution in [1.82, 2.24) is 20.2 Å². The van der Waals surface area contributed by atoms with E-state index in [0.29, 0.717) is 5.16 Å². The molecule has 1 heterocycles. The summed E-state index contributed by atoms with van der Waals surface area (Å²) in [4.78, 5) is 12.7.